The first kappa shape index (κ1) is 13.0. The predicted molar refractivity (Wildman–Crippen MR) is 70.6 cm³/mol. The minimum atomic E-state index is 0.0901. The molecule has 86 valence electrons. The van der Waals surface area contributed by atoms with Gasteiger partial charge in [0.1, 0.15) is 5.01 Å². The fourth-order valence-electron chi connectivity index (χ4n) is 1.41. The van der Waals surface area contributed by atoms with E-state index < -0.39 is 0 Å². The minimum Gasteiger partial charge on any atom is -0.323 e. The van der Waals surface area contributed by atoms with Gasteiger partial charge in [-0.1, -0.05) is 20.8 Å². The van der Waals surface area contributed by atoms with Crippen molar-refractivity contribution in [3.05, 3.63) is 15.6 Å². The second-order valence-corrected chi connectivity index (χ2v) is 6.77. The number of aromatic nitrogens is 1. The molecule has 2 nitrogen and oxygen atoms in total. The van der Waals surface area contributed by atoms with Gasteiger partial charge in [-0.3, -0.25) is 0 Å². The van der Waals surface area contributed by atoms with Crippen LogP contribution in [0.25, 0.3) is 0 Å². The normalized spacial score (nSPS) is 14.3. The average molecular weight is 244 g/mol. The lowest BCUT2D eigenvalue weighted by atomic mass is 9.90. The highest BCUT2D eigenvalue weighted by Crippen LogP contribution is 2.33. The summed E-state index contributed by atoms with van der Waals surface area (Å²) in [5, 5.41) is 1.19. The molecule has 0 fully saturated rings. The van der Waals surface area contributed by atoms with Gasteiger partial charge in [0.15, 0.2) is 0 Å². The van der Waals surface area contributed by atoms with Crippen LogP contribution in [0, 0.1) is 0 Å². The molecule has 0 aliphatic rings. The van der Waals surface area contributed by atoms with Crippen molar-refractivity contribution < 1.29 is 0 Å². The molecule has 1 aromatic heterocycles. The molecule has 0 aromatic carbocycles. The Balaban J connectivity index is 3.12. The highest BCUT2D eigenvalue weighted by Gasteiger charge is 2.24. The van der Waals surface area contributed by atoms with E-state index in [-0.39, 0.29) is 11.5 Å². The number of nitrogens with two attached hydrogens (primary N) is 1. The third kappa shape index (κ3) is 3.20. The summed E-state index contributed by atoms with van der Waals surface area (Å²) >= 11 is 3.57. The van der Waals surface area contributed by atoms with Crippen molar-refractivity contribution in [1.29, 1.82) is 0 Å². The van der Waals surface area contributed by atoms with Crippen LogP contribution in [-0.4, -0.2) is 11.2 Å². The van der Waals surface area contributed by atoms with Gasteiger partial charge in [0.05, 0.1) is 5.69 Å². The third-order valence-electron chi connectivity index (χ3n) is 2.09. The Morgan fingerprint density at radius 2 is 2.07 bits per heavy atom. The largest absolute Gasteiger partial charge is 0.323 e. The summed E-state index contributed by atoms with van der Waals surface area (Å²) < 4.78 is 0. The molecule has 0 aliphatic heterocycles. The zero-order chi connectivity index (χ0) is 11.6. The van der Waals surface area contributed by atoms with Crippen LogP contribution in [0.15, 0.2) is 0 Å². The lowest BCUT2D eigenvalue weighted by Gasteiger charge is -2.18. The van der Waals surface area contributed by atoms with Gasteiger partial charge >= 0.3 is 0 Å². The first-order valence-electron chi connectivity index (χ1n) is 5.11. The molecule has 0 bridgehead atoms. The molecule has 2 N–H and O–H groups in total. The molecule has 1 heterocycles. The van der Waals surface area contributed by atoms with Gasteiger partial charge in [0, 0.05) is 22.1 Å². The number of hydrogen-bond donors (Lipinski definition) is 1. The molecular weight excluding hydrogens is 224 g/mol. The molecule has 0 radical (unpaired) electrons. The average Bonchev–Trinajstić information content (AvgIpc) is 2.48. The van der Waals surface area contributed by atoms with Crippen molar-refractivity contribution in [1.82, 2.24) is 4.98 Å². The Morgan fingerprint density at radius 3 is 2.40 bits per heavy atom. The second-order valence-electron chi connectivity index (χ2n) is 4.79. The van der Waals surface area contributed by atoms with Crippen LogP contribution in [0.3, 0.4) is 0 Å². The number of rotatable bonds is 3. The molecule has 0 spiro atoms. The van der Waals surface area contributed by atoms with Crippen LogP contribution < -0.4 is 5.73 Å². The van der Waals surface area contributed by atoms with E-state index in [9.17, 15) is 0 Å². The van der Waals surface area contributed by atoms with Crippen LogP contribution in [0.2, 0.25) is 0 Å². The molecule has 15 heavy (non-hydrogen) atoms. The Hall–Kier alpha value is -0.0600. The zero-order valence-electron chi connectivity index (χ0n) is 10.1. The Kier molecular flexibility index (Phi) is 4.20. The maximum Gasteiger partial charge on any atom is 0.103 e. The first-order chi connectivity index (χ1) is 6.86. The molecule has 0 saturated carbocycles. The Labute approximate surface area is 101 Å². The van der Waals surface area contributed by atoms with E-state index >= 15 is 0 Å². The van der Waals surface area contributed by atoms with Crippen LogP contribution in [-0.2, 0) is 11.2 Å². The van der Waals surface area contributed by atoms with Gasteiger partial charge < -0.3 is 5.73 Å². The fourth-order valence-corrected chi connectivity index (χ4v) is 3.33. The van der Waals surface area contributed by atoms with Gasteiger partial charge in [-0.2, -0.15) is 11.8 Å². The van der Waals surface area contributed by atoms with Gasteiger partial charge in [-0.05, 0) is 13.2 Å². The third-order valence-corrected chi connectivity index (χ3v) is 4.09. The van der Waals surface area contributed by atoms with E-state index in [1.807, 2.05) is 6.92 Å². The standard InChI is InChI=1S/C11H20N2S2/c1-7(12)9-10(11(2,3)4)13-8(15-9)6-14-5/h7H,6,12H2,1-5H3. The molecule has 1 aromatic rings. The lowest BCUT2D eigenvalue weighted by molar-refractivity contribution is 0.559. The molecule has 1 unspecified atom stereocenters. The van der Waals surface area contributed by atoms with Gasteiger partial charge in [0.25, 0.3) is 0 Å². The summed E-state index contributed by atoms with van der Waals surface area (Å²) in [6.07, 6.45) is 2.10. The minimum absolute atomic E-state index is 0.0901. The van der Waals surface area contributed by atoms with Gasteiger partial charge in [-0.15, -0.1) is 11.3 Å². The van der Waals surface area contributed by atoms with E-state index in [1.54, 1.807) is 23.1 Å². The van der Waals surface area contributed by atoms with E-state index in [0.29, 0.717) is 0 Å². The second kappa shape index (κ2) is 4.85. The summed E-state index contributed by atoms with van der Waals surface area (Å²) in [5.74, 6) is 0.987. The SMILES string of the molecule is CSCc1nc(C(C)(C)C)c(C(C)N)s1. The number of hydrogen-bond acceptors (Lipinski definition) is 4. The van der Waals surface area contributed by atoms with Crippen molar-refractivity contribution in [2.24, 2.45) is 5.73 Å². The van der Waals surface area contributed by atoms with E-state index in [0.717, 1.165) is 5.75 Å². The molecule has 1 atom stereocenters. The van der Waals surface area contributed by atoms with Crippen molar-refractivity contribution in [3.63, 3.8) is 0 Å². The summed E-state index contributed by atoms with van der Waals surface area (Å²) in [4.78, 5) is 5.95. The summed E-state index contributed by atoms with van der Waals surface area (Å²) in [6.45, 7) is 8.61. The van der Waals surface area contributed by atoms with Gasteiger partial charge in [-0.25, -0.2) is 4.98 Å². The quantitative estimate of drug-likeness (QED) is 0.886. The van der Waals surface area contributed by atoms with E-state index in [2.05, 4.69) is 27.0 Å². The van der Waals surface area contributed by atoms with Crippen LogP contribution in [0.1, 0.15) is 49.3 Å². The van der Waals surface area contributed by atoms with Gasteiger partial charge in [0.2, 0.25) is 0 Å². The zero-order valence-corrected chi connectivity index (χ0v) is 11.8. The van der Waals surface area contributed by atoms with Crippen LogP contribution in [0.4, 0.5) is 0 Å². The smallest absolute Gasteiger partial charge is 0.103 e. The topological polar surface area (TPSA) is 38.9 Å². The number of thioether (sulfide) groups is 1. The summed E-state index contributed by atoms with van der Waals surface area (Å²) in [7, 11) is 0. The molecular formula is C11H20N2S2. The fraction of sp³-hybridized carbons (Fsp3) is 0.727. The predicted octanol–water partition coefficient (Wildman–Crippen LogP) is 3.32. The van der Waals surface area contributed by atoms with Crippen molar-refractivity contribution in [2.75, 3.05) is 6.26 Å². The molecule has 4 heteroatoms. The monoisotopic (exact) mass is 244 g/mol. The Bertz CT molecular complexity index is 324. The summed E-state index contributed by atoms with van der Waals surface area (Å²) in [6, 6.07) is 0.0901. The van der Waals surface area contributed by atoms with E-state index in [1.165, 1.54) is 15.6 Å². The van der Waals surface area contributed by atoms with E-state index in [4.69, 9.17) is 10.7 Å². The number of nitrogens with zero attached hydrogens (tertiary/aromatic N) is 1. The van der Waals surface area contributed by atoms with Crippen molar-refractivity contribution in [2.45, 2.75) is 44.9 Å². The first-order valence-corrected chi connectivity index (χ1v) is 7.32. The highest BCUT2D eigenvalue weighted by molar-refractivity contribution is 7.97. The highest BCUT2D eigenvalue weighted by atomic mass is 32.2. The number of thiazole rings is 1. The lowest BCUT2D eigenvalue weighted by Crippen LogP contribution is -2.17. The van der Waals surface area contributed by atoms with Crippen molar-refractivity contribution >= 4 is 23.1 Å². The molecule has 0 saturated heterocycles. The maximum absolute atomic E-state index is 5.98. The maximum atomic E-state index is 5.98. The molecule has 1 rings (SSSR count). The summed E-state index contributed by atoms with van der Waals surface area (Å²) in [5.41, 5.74) is 7.25. The van der Waals surface area contributed by atoms with Crippen LogP contribution >= 0.6 is 23.1 Å². The molecule has 0 aliphatic carbocycles. The molecule has 0 amide bonds. The van der Waals surface area contributed by atoms with Crippen LogP contribution in [0.5, 0.6) is 0 Å². The Morgan fingerprint density at radius 1 is 1.47 bits per heavy atom. The van der Waals surface area contributed by atoms with Crippen molar-refractivity contribution in [3.8, 4) is 0 Å².